The molecule has 1 fully saturated rings. The summed E-state index contributed by atoms with van der Waals surface area (Å²) >= 11 is 0. The van der Waals surface area contributed by atoms with Gasteiger partial charge < -0.3 is 9.88 Å². The number of hydrogen-bond acceptors (Lipinski definition) is 3. The molecule has 1 aliphatic rings. The Morgan fingerprint density at radius 2 is 1.96 bits per heavy atom. The maximum Gasteiger partial charge on any atom is 0.258 e. The van der Waals surface area contributed by atoms with E-state index in [0.29, 0.717) is 22.3 Å². The standard InChI is InChI=1S/C21H19F2N3O2/c22-14-6-5-13(17(23)11-14)12-26(15-7-8-15)20(27)10-9-19-24-18-4-2-1-3-16(18)21(28)25-19/h1-6,11,15H,7-10,12H2,(H,24,25,28). The molecule has 4 rings (SSSR count). The van der Waals surface area contributed by atoms with Crippen molar-refractivity contribution in [2.24, 2.45) is 0 Å². The molecule has 2 aromatic carbocycles. The first kappa shape index (κ1) is 18.3. The molecule has 1 heterocycles. The molecule has 3 aromatic rings. The highest BCUT2D eigenvalue weighted by Gasteiger charge is 2.32. The fourth-order valence-corrected chi connectivity index (χ4v) is 3.26. The molecule has 1 aliphatic carbocycles. The maximum atomic E-state index is 14.0. The Labute approximate surface area is 160 Å². The molecule has 0 spiro atoms. The molecule has 0 bridgehead atoms. The molecule has 0 unspecified atom stereocenters. The second kappa shape index (κ2) is 7.50. The van der Waals surface area contributed by atoms with Crippen molar-refractivity contribution in [2.75, 3.05) is 0 Å². The molecule has 7 heteroatoms. The number of hydrogen-bond donors (Lipinski definition) is 1. The van der Waals surface area contributed by atoms with Crippen LogP contribution in [0.5, 0.6) is 0 Å². The number of halogens is 2. The lowest BCUT2D eigenvalue weighted by molar-refractivity contribution is -0.132. The van der Waals surface area contributed by atoms with Gasteiger partial charge in [-0.25, -0.2) is 13.8 Å². The highest BCUT2D eigenvalue weighted by Crippen LogP contribution is 2.29. The Morgan fingerprint density at radius 1 is 1.18 bits per heavy atom. The van der Waals surface area contributed by atoms with Crippen LogP contribution in [0.1, 0.15) is 30.7 Å². The highest BCUT2D eigenvalue weighted by atomic mass is 19.1. The third-order valence-electron chi connectivity index (χ3n) is 4.90. The Balaban J connectivity index is 1.47. The molecule has 0 aliphatic heterocycles. The molecule has 28 heavy (non-hydrogen) atoms. The number of aryl methyl sites for hydroxylation is 1. The molecule has 1 amide bonds. The van der Waals surface area contributed by atoms with Crippen LogP contribution in [0.15, 0.2) is 47.3 Å². The predicted octanol–water partition coefficient (Wildman–Crippen LogP) is 3.33. The zero-order valence-corrected chi connectivity index (χ0v) is 15.1. The maximum absolute atomic E-state index is 14.0. The zero-order valence-electron chi connectivity index (χ0n) is 15.1. The van der Waals surface area contributed by atoms with Gasteiger partial charge in [0.25, 0.3) is 5.56 Å². The van der Waals surface area contributed by atoms with Crippen molar-refractivity contribution in [2.45, 2.75) is 38.3 Å². The first-order valence-electron chi connectivity index (χ1n) is 9.22. The van der Waals surface area contributed by atoms with Crippen molar-refractivity contribution in [3.05, 3.63) is 75.8 Å². The van der Waals surface area contributed by atoms with Crippen LogP contribution in [-0.2, 0) is 17.8 Å². The number of nitrogens with one attached hydrogen (secondary N) is 1. The Kier molecular flexibility index (Phi) is 4.90. The van der Waals surface area contributed by atoms with Gasteiger partial charge in [0.05, 0.1) is 10.9 Å². The number of rotatable bonds is 6. The molecular formula is C21H19F2N3O2. The van der Waals surface area contributed by atoms with E-state index < -0.39 is 11.6 Å². The highest BCUT2D eigenvalue weighted by molar-refractivity contribution is 5.78. The third-order valence-corrected chi connectivity index (χ3v) is 4.90. The van der Waals surface area contributed by atoms with E-state index >= 15 is 0 Å². The van der Waals surface area contributed by atoms with Crippen molar-refractivity contribution in [1.82, 2.24) is 14.9 Å². The van der Waals surface area contributed by atoms with Gasteiger partial charge in [0.15, 0.2) is 0 Å². The van der Waals surface area contributed by atoms with E-state index in [-0.39, 0.29) is 36.9 Å². The van der Waals surface area contributed by atoms with Crippen LogP contribution in [-0.4, -0.2) is 26.8 Å². The lowest BCUT2D eigenvalue weighted by Crippen LogP contribution is -2.33. The van der Waals surface area contributed by atoms with Crippen molar-refractivity contribution in [3.63, 3.8) is 0 Å². The first-order valence-corrected chi connectivity index (χ1v) is 9.22. The second-order valence-corrected chi connectivity index (χ2v) is 7.02. The average molecular weight is 383 g/mol. The summed E-state index contributed by atoms with van der Waals surface area (Å²) in [5, 5.41) is 0.504. The summed E-state index contributed by atoms with van der Waals surface area (Å²) in [5.41, 5.74) is 0.639. The molecule has 5 nitrogen and oxygen atoms in total. The number of carbonyl (C=O) groups excluding carboxylic acids is 1. The van der Waals surface area contributed by atoms with Crippen LogP contribution < -0.4 is 5.56 Å². The molecule has 0 radical (unpaired) electrons. The van der Waals surface area contributed by atoms with Crippen LogP contribution in [0.25, 0.3) is 10.9 Å². The third kappa shape index (κ3) is 3.93. The topological polar surface area (TPSA) is 66.1 Å². The van der Waals surface area contributed by atoms with Gasteiger partial charge >= 0.3 is 0 Å². The Bertz CT molecular complexity index is 1090. The Morgan fingerprint density at radius 3 is 2.71 bits per heavy atom. The number of aromatic amines is 1. The number of H-pyrrole nitrogens is 1. The van der Waals surface area contributed by atoms with Gasteiger partial charge in [-0.2, -0.15) is 0 Å². The van der Waals surface area contributed by atoms with E-state index in [2.05, 4.69) is 9.97 Å². The predicted molar refractivity (Wildman–Crippen MR) is 101 cm³/mol. The van der Waals surface area contributed by atoms with E-state index in [4.69, 9.17) is 0 Å². The largest absolute Gasteiger partial charge is 0.335 e. The van der Waals surface area contributed by atoms with Crippen molar-refractivity contribution < 1.29 is 13.6 Å². The summed E-state index contributed by atoms with van der Waals surface area (Å²) < 4.78 is 27.1. The number of para-hydroxylation sites is 1. The molecule has 1 saturated carbocycles. The minimum absolute atomic E-state index is 0.0839. The van der Waals surface area contributed by atoms with Crippen molar-refractivity contribution >= 4 is 16.8 Å². The van der Waals surface area contributed by atoms with E-state index in [0.717, 1.165) is 18.9 Å². The van der Waals surface area contributed by atoms with E-state index in [1.807, 2.05) is 0 Å². The molecule has 1 aromatic heterocycles. The summed E-state index contributed by atoms with van der Waals surface area (Å²) in [4.78, 5) is 33.6. The van der Waals surface area contributed by atoms with Gasteiger partial charge in [-0.3, -0.25) is 9.59 Å². The number of benzene rings is 2. The average Bonchev–Trinajstić information content (AvgIpc) is 3.51. The number of amides is 1. The van der Waals surface area contributed by atoms with Crippen LogP contribution in [0.4, 0.5) is 8.78 Å². The van der Waals surface area contributed by atoms with Gasteiger partial charge in [-0.05, 0) is 31.0 Å². The summed E-state index contributed by atoms with van der Waals surface area (Å²) in [6.45, 7) is 0.108. The van der Waals surface area contributed by atoms with Crippen molar-refractivity contribution in [1.29, 1.82) is 0 Å². The molecule has 1 N–H and O–H groups in total. The van der Waals surface area contributed by atoms with Crippen molar-refractivity contribution in [3.8, 4) is 0 Å². The molecule has 0 atom stereocenters. The minimum Gasteiger partial charge on any atom is -0.335 e. The van der Waals surface area contributed by atoms with Gasteiger partial charge in [0, 0.05) is 37.1 Å². The number of aromatic nitrogens is 2. The molecular weight excluding hydrogens is 364 g/mol. The fraction of sp³-hybridized carbons (Fsp3) is 0.286. The van der Waals surface area contributed by atoms with Crippen LogP contribution >= 0.6 is 0 Å². The monoisotopic (exact) mass is 383 g/mol. The molecule has 144 valence electrons. The smallest absolute Gasteiger partial charge is 0.258 e. The molecule has 0 saturated heterocycles. The lowest BCUT2D eigenvalue weighted by atomic mass is 10.1. The number of fused-ring (bicyclic) bond motifs is 1. The summed E-state index contributed by atoms with van der Waals surface area (Å²) in [6, 6.07) is 10.5. The van der Waals surface area contributed by atoms with E-state index in [1.54, 1.807) is 29.2 Å². The van der Waals surface area contributed by atoms with E-state index in [1.165, 1.54) is 12.1 Å². The number of carbonyl (C=O) groups is 1. The first-order chi connectivity index (χ1) is 13.5. The zero-order chi connectivity index (χ0) is 19.7. The SMILES string of the molecule is O=C(CCc1nc2ccccc2c(=O)[nH]1)N(Cc1ccc(F)cc1F)C1CC1. The van der Waals surface area contributed by atoms with Gasteiger partial charge in [0.2, 0.25) is 5.91 Å². The summed E-state index contributed by atoms with van der Waals surface area (Å²) in [7, 11) is 0. The second-order valence-electron chi connectivity index (χ2n) is 7.02. The fourth-order valence-electron chi connectivity index (χ4n) is 3.26. The van der Waals surface area contributed by atoms with Crippen LogP contribution in [0.3, 0.4) is 0 Å². The van der Waals surface area contributed by atoms with Crippen LogP contribution in [0, 0.1) is 11.6 Å². The Hall–Kier alpha value is -3.09. The van der Waals surface area contributed by atoms with Crippen LogP contribution in [0.2, 0.25) is 0 Å². The summed E-state index contributed by atoms with van der Waals surface area (Å²) in [5.74, 6) is -0.987. The lowest BCUT2D eigenvalue weighted by Gasteiger charge is -2.23. The van der Waals surface area contributed by atoms with Gasteiger partial charge in [-0.15, -0.1) is 0 Å². The number of nitrogens with zero attached hydrogens (tertiary/aromatic N) is 2. The summed E-state index contributed by atoms with van der Waals surface area (Å²) in [6.07, 6.45) is 2.19. The quantitative estimate of drug-likeness (QED) is 0.710. The van der Waals surface area contributed by atoms with E-state index in [9.17, 15) is 18.4 Å². The minimum atomic E-state index is -0.654. The normalized spacial score (nSPS) is 13.6. The van der Waals surface area contributed by atoms with Gasteiger partial charge in [-0.1, -0.05) is 18.2 Å². The van der Waals surface area contributed by atoms with Gasteiger partial charge in [0.1, 0.15) is 17.5 Å².